The molecule has 1 fully saturated rings. The maximum Gasteiger partial charge on any atom is 0.310 e. The smallest absolute Gasteiger partial charge is 0.310 e. The SMILES string of the molecule is O=C(Cc1c(Cl)cccc1Cl)OCC(=O)N1CCCCCC1. The van der Waals surface area contributed by atoms with Crippen LogP contribution < -0.4 is 0 Å². The number of nitrogens with zero attached hydrogens (tertiary/aromatic N) is 1. The van der Waals surface area contributed by atoms with Crippen LogP contribution in [0.3, 0.4) is 0 Å². The summed E-state index contributed by atoms with van der Waals surface area (Å²) < 4.78 is 5.06. The fraction of sp³-hybridized carbons (Fsp3) is 0.500. The molecule has 2 rings (SSSR count). The number of hydrogen-bond acceptors (Lipinski definition) is 3. The molecule has 0 unspecified atom stereocenters. The molecule has 0 radical (unpaired) electrons. The van der Waals surface area contributed by atoms with Crippen molar-refractivity contribution in [3.05, 3.63) is 33.8 Å². The van der Waals surface area contributed by atoms with Gasteiger partial charge in [0.15, 0.2) is 6.61 Å². The molecule has 0 N–H and O–H groups in total. The summed E-state index contributed by atoms with van der Waals surface area (Å²) in [7, 11) is 0. The van der Waals surface area contributed by atoms with Crippen LogP contribution >= 0.6 is 23.2 Å². The van der Waals surface area contributed by atoms with E-state index in [-0.39, 0.29) is 18.9 Å². The van der Waals surface area contributed by atoms with E-state index < -0.39 is 5.97 Å². The van der Waals surface area contributed by atoms with Gasteiger partial charge >= 0.3 is 5.97 Å². The van der Waals surface area contributed by atoms with Crippen molar-refractivity contribution in [2.75, 3.05) is 19.7 Å². The summed E-state index contributed by atoms with van der Waals surface area (Å²) in [6.07, 6.45) is 4.28. The fourth-order valence-electron chi connectivity index (χ4n) is 2.45. The van der Waals surface area contributed by atoms with Crippen LogP contribution in [0, 0.1) is 0 Å². The number of likely N-dealkylation sites (tertiary alicyclic amines) is 1. The van der Waals surface area contributed by atoms with Crippen LogP contribution in [0.1, 0.15) is 31.2 Å². The number of amides is 1. The maximum atomic E-state index is 12.0. The lowest BCUT2D eigenvalue weighted by molar-refractivity contribution is -0.151. The van der Waals surface area contributed by atoms with Gasteiger partial charge in [-0.2, -0.15) is 0 Å². The zero-order chi connectivity index (χ0) is 15.9. The first-order valence-electron chi connectivity index (χ1n) is 7.44. The lowest BCUT2D eigenvalue weighted by Crippen LogP contribution is -2.35. The van der Waals surface area contributed by atoms with Crippen molar-refractivity contribution in [3.8, 4) is 0 Å². The van der Waals surface area contributed by atoms with Crippen LogP contribution in [0.4, 0.5) is 0 Å². The van der Waals surface area contributed by atoms with Gasteiger partial charge in [-0.25, -0.2) is 0 Å². The Hall–Kier alpha value is -1.26. The summed E-state index contributed by atoms with van der Waals surface area (Å²) in [6, 6.07) is 5.04. The van der Waals surface area contributed by atoms with Crippen molar-refractivity contribution in [3.63, 3.8) is 0 Å². The maximum absolute atomic E-state index is 12.0. The number of carbonyl (C=O) groups is 2. The van der Waals surface area contributed by atoms with Crippen molar-refractivity contribution >= 4 is 35.1 Å². The van der Waals surface area contributed by atoms with Gasteiger partial charge in [-0.1, -0.05) is 42.1 Å². The van der Waals surface area contributed by atoms with Gasteiger partial charge in [0.05, 0.1) is 6.42 Å². The summed E-state index contributed by atoms with van der Waals surface area (Å²) in [6.45, 7) is 1.26. The normalized spacial score (nSPS) is 15.3. The fourth-order valence-corrected chi connectivity index (χ4v) is 2.98. The molecule has 1 aromatic carbocycles. The van der Waals surface area contributed by atoms with E-state index in [1.54, 1.807) is 23.1 Å². The average Bonchev–Trinajstić information content (AvgIpc) is 2.78. The highest BCUT2D eigenvalue weighted by atomic mass is 35.5. The van der Waals surface area contributed by atoms with Crippen LogP contribution in [0.5, 0.6) is 0 Å². The molecule has 1 aromatic rings. The molecule has 0 aliphatic carbocycles. The third-order valence-electron chi connectivity index (χ3n) is 3.70. The minimum Gasteiger partial charge on any atom is -0.455 e. The largest absolute Gasteiger partial charge is 0.455 e. The summed E-state index contributed by atoms with van der Waals surface area (Å²) in [5.74, 6) is -0.640. The summed E-state index contributed by atoms with van der Waals surface area (Å²) >= 11 is 12.0. The first kappa shape index (κ1) is 17.1. The van der Waals surface area contributed by atoms with Crippen molar-refractivity contribution in [2.24, 2.45) is 0 Å². The van der Waals surface area contributed by atoms with Crippen molar-refractivity contribution < 1.29 is 14.3 Å². The predicted molar refractivity (Wildman–Crippen MR) is 86.2 cm³/mol. The highest BCUT2D eigenvalue weighted by Gasteiger charge is 2.18. The molecule has 1 aliphatic rings. The van der Waals surface area contributed by atoms with E-state index in [1.807, 2.05) is 0 Å². The number of esters is 1. The molecule has 0 spiro atoms. The van der Waals surface area contributed by atoms with Gasteiger partial charge in [0.2, 0.25) is 0 Å². The van der Waals surface area contributed by atoms with Crippen LogP contribution in [-0.4, -0.2) is 36.5 Å². The van der Waals surface area contributed by atoms with E-state index >= 15 is 0 Å². The van der Waals surface area contributed by atoms with Gasteiger partial charge in [0, 0.05) is 28.7 Å². The van der Waals surface area contributed by atoms with E-state index in [2.05, 4.69) is 0 Å². The Morgan fingerprint density at radius 3 is 2.23 bits per heavy atom. The van der Waals surface area contributed by atoms with E-state index in [1.165, 1.54) is 0 Å². The Labute approximate surface area is 140 Å². The van der Waals surface area contributed by atoms with Crippen molar-refractivity contribution in [2.45, 2.75) is 32.1 Å². The molecule has 1 saturated heterocycles. The topological polar surface area (TPSA) is 46.6 Å². The Morgan fingerprint density at radius 1 is 1.05 bits per heavy atom. The minimum absolute atomic E-state index is 0.0359. The number of hydrogen-bond donors (Lipinski definition) is 0. The number of halogens is 2. The Morgan fingerprint density at radius 2 is 1.64 bits per heavy atom. The Balaban J connectivity index is 1.83. The number of carbonyl (C=O) groups excluding carboxylic acids is 2. The molecule has 6 heteroatoms. The standard InChI is InChI=1S/C16H19Cl2NO3/c17-13-6-5-7-14(18)12(13)10-16(21)22-11-15(20)19-8-3-1-2-4-9-19/h5-7H,1-4,8-11H2. The number of rotatable bonds is 4. The highest BCUT2D eigenvalue weighted by molar-refractivity contribution is 6.36. The second-order valence-corrected chi connectivity index (χ2v) is 6.15. The van der Waals surface area contributed by atoms with Crippen molar-refractivity contribution in [1.82, 2.24) is 4.90 Å². The number of benzene rings is 1. The van der Waals surface area contributed by atoms with Crippen molar-refractivity contribution in [1.29, 1.82) is 0 Å². The molecular formula is C16H19Cl2NO3. The van der Waals surface area contributed by atoms with Crippen LogP contribution in [0.2, 0.25) is 10.0 Å². The average molecular weight is 344 g/mol. The molecule has 0 aromatic heterocycles. The lowest BCUT2D eigenvalue weighted by Gasteiger charge is -2.20. The van der Waals surface area contributed by atoms with E-state index in [0.717, 1.165) is 38.8 Å². The minimum atomic E-state index is -0.502. The van der Waals surface area contributed by atoms with Gasteiger partial charge in [-0.05, 0) is 25.0 Å². The quantitative estimate of drug-likeness (QED) is 0.786. The summed E-state index contributed by atoms with van der Waals surface area (Å²) in [4.78, 5) is 25.7. The monoisotopic (exact) mass is 343 g/mol. The van der Waals surface area contributed by atoms with Crippen LogP contribution in [-0.2, 0) is 20.7 Å². The molecule has 120 valence electrons. The lowest BCUT2D eigenvalue weighted by atomic mass is 10.1. The molecule has 0 saturated carbocycles. The van der Waals surface area contributed by atoms with E-state index in [0.29, 0.717) is 15.6 Å². The van der Waals surface area contributed by atoms with E-state index in [4.69, 9.17) is 27.9 Å². The van der Waals surface area contributed by atoms with Gasteiger partial charge in [0.25, 0.3) is 5.91 Å². The Bertz CT molecular complexity index is 520. The molecule has 4 nitrogen and oxygen atoms in total. The highest BCUT2D eigenvalue weighted by Crippen LogP contribution is 2.24. The van der Waals surface area contributed by atoms with Crippen LogP contribution in [0.15, 0.2) is 18.2 Å². The molecule has 1 amide bonds. The van der Waals surface area contributed by atoms with E-state index in [9.17, 15) is 9.59 Å². The molecule has 1 aliphatic heterocycles. The van der Waals surface area contributed by atoms with Crippen LogP contribution in [0.25, 0.3) is 0 Å². The van der Waals surface area contributed by atoms with Gasteiger partial charge in [0.1, 0.15) is 0 Å². The van der Waals surface area contributed by atoms with Gasteiger partial charge in [-0.3, -0.25) is 9.59 Å². The van der Waals surface area contributed by atoms with Gasteiger partial charge < -0.3 is 9.64 Å². The number of ether oxygens (including phenoxy) is 1. The first-order valence-corrected chi connectivity index (χ1v) is 8.20. The third-order valence-corrected chi connectivity index (χ3v) is 4.41. The Kier molecular flexibility index (Phi) is 6.52. The molecule has 0 bridgehead atoms. The molecule has 1 heterocycles. The second kappa shape index (κ2) is 8.39. The third kappa shape index (κ3) is 4.89. The predicted octanol–water partition coefficient (Wildman–Crippen LogP) is 3.48. The summed E-state index contributed by atoms with van der Waals surface area (Å²) in [5, 5.41) is 0.839. The molecule has 0 atom stereocenters. The zero-order valence-electron chi connectivity index (χ0n) is 12.3. The zero-order valence-corrected chi connectivity index (χ0v) is 13.8. The first-order chi connectivity index (χ1) is 10.6. The van der Waals surface area contributed by atoms with Gasteiger partial charge in [-0.15, -0.1) is 0 Å². The summed E-state index contributed by atoms with van der Waals surface area (Å²) in [5.41, 5.74) is 0.526. The second-order valence-electron chi connectivity index (χ2n) is 5.33. The molecule has 22 heavy (non-hydrogen) atoms. The molecular weight excluding hydrogens is 325 g/mol.